The maximum atomic E-state index is 15.2. The van der Waals surface area contributed by atoms with Crippen LogP contribution in [0.15, 0.2) is 107 Å². The van der Waals surface area contributed by atoms with E-state index in [1.807, 2.05) is 12.2 Å². The summed E-state index contributed by atoms with van der Waals surface area (Å²) in [5.41, 5.74) is 3.89. The normalized spacial score (nSPS) is 32.8. The van der Waals surface area contributed by atoms with Crippen LogP contribution < -0.4 is 0 Å². The van der Waals surface area contributed by atoms with Crippen LogP contribution in [0.3, 0.4) is 0 Å². The second-order valence-corrected chi connectivity index (χ2v) is 13.8. The van der Waals surface area contributed by atoms with Crippen LogP contribution in [0.25, 0.3) is 0 Å². The summed E-state index contributed by atoms with van der Waals surface area (Å²) < 4.78 is 29.3. The Balaban J connectivity index is 1.69. The fourth-order valence-electron chi connectivity index (χ4n) is 6.79. The van der Waals surface area contributed by atoms with Crippen molar-refractivity contribution in [2.45, 2.75) is 75.9 Å². The van der Waals surface area contributed by atoms with Gasteiger partial charge in [-0.1, -0.05) is 97.5 Å². The predicted molar refractivity (Wildman–Crippen MR) is 157 cm³/mol. The van der Waals surface area contributed by atoms with Gasteiger partial charge in [0.1, 0.15) is 12.0 Å². The third kappa shape index (κ3) is 5.49. The van der Waals surface area contributed by atoms with Crippen LogP contribution in [0, 0.1) is 23.2 Å². The molecule has 38 heavy (non-hydrogen) atoms. The van der Waals surface area contributed by atoms with E-state index in [4.69, 9.17) is 0 Å². The van der Waals surface area contributed by atoms with Gasteiger partial charge in [0.15, 0.2) is 0 Å². The smallest absolute Gasteiger partial charge is 0.121 e. The molecule has 5 rings (SSSR count). The summed E-state index contributed by atoms with van der Waals surface area (Å²) >= 11 is 3.80. The van der Waals surface area contributed by atoms with Gasteiger partial charge in [-0.25, -0.2) is 8.78 Å². The maximum absolute atomic E-state index is 15.2. The molecule has 0 aromatic rings. The van der Waals surface area contributed by atoms with E-state index in [0.717, 1.165) is 28.7 Å². The molecule has 0 heterocycles. The van der Waals surface area contributed by atoms with Crippen molar-refractivity contribution in [2.24, 2.45) is 23.2 Å². The molecule has 0 spiro atoms. The highest BCUT2D eigenvalue weighted by molar-refractivity contribution is 9.09. The van der Waals surface area contributed by atoms with Gasteiger partial charge in [0, 0.05) is 22.6 Å². The Hall–Kier alpha value is -2.04. The zero-order chi connectivity index (χ0) is 27.1. The molecule has 0 saturated heterocycles. The number of rotatable bonds is 5. The Morgan fingerprint density at radius 1 is 0.947 bits per heavy atom. The summed E-state index contributed by atoms with van der Waals surface area (Å²) in [5, 5.41) is 13.0. The third-order valence-electron chi connectivity index (χ3n) is 8.55. The maximum Gasteiger partial charge on any atom is 0.121 e. The fraction of sp³-hybridized carbons (Fsp3) is 0.471. The number of hydrogen-bond acceptors (Lipinski definition) is 1. The summed E-state index contributed by atoms with van der Waals surface area (Å²) in [7, 11) is 0. The lowest BCUT2D eigenvalue weighted by Crippen LogP contribution is -2.49. The second kappa shape index (κ2) is 10.8. The highest BCUT2D eigenvalue weighted by Crippen LogP contribution is 2.51. The van der Waals surface area contributed by atoms with Crippen LogP contribution in [0.1, 0.15) is 59.3 Å². The lowest BCUT2D eigenvalue weighted by Gasteiger charge is -2.47. The van der Waals surface area contributed by atoms with E-state index in [9.17, 15) is 9.50 Å². The van der Waals surface area contributed by atoms with Gasteiger partial charge in [-0.3, -0.25) is 0 Å². The first-order valence-corrected chi connectivity index (χ1v) is 14.9. The second-order valence-electron chi connectivity index (χ2n) is 12.6. The van der Waals surface area contributed by atoms with Crippen molar-refractivity contribution < 1.29 is 13.9 Å². The molecule has 0 aliphatic heterocycles. The summed E-state index contributed by atoms with van der Waals surface area (Å²) in [6.07, 6.45) is 26.9. The molecule has 5 aliphatic carbocycles. The van der Waals surface area contributed by atoms with E-state index >= 15 is 4.39 Å². The zero-order valence-corrected chi connectivity index (χ0v) is 24.2. The summed E-state index contributed by atoms with van der Waals surface area (Å²) in [6.45, 7) is 6.38. The fourth-order valence-corrected chi connectivity index (χ4v) is 7.27. The number of fused-ring (bicyclic) bond motifs is 1. The van der Waals surface area contributed by atoms with Crippen molar-refractivity contribution in [3.05, 3.63) is 107 Å². The van der Waals surface area contributed by atoms with Gasteiger partial charge in [-0.05, 0) is 84.0 Å². The monoisotopic (exact) mass is 580 g/mol. The van der Waals surface area contributed by atoms with E-state index < -0.39 is 11.8 Å². The van der Waals surface area contributed by atoms with Gasteiger partial charge >= 0.3 is 0 Å². The number of hydrogen-bond donors (Lipinski definition) is 1. The van der Waals surface area contributed by atoms with E-state index in [1.165, 1.54) is 11.6 Å². The molecule has 0 radical (unpaired) electrons. The third-order valence-corrected chi connectivity index (χ3v) is 9.18. The minimum Gasteiger partial charge on any atom is -0.384 e. The first kappa shape index (κ1) is 27.5. The molecule has 1 nitrogen and oxygen atoms in total. The summed E-state index contributed by atoms with van der Waals surface area (Å²) in [5.74, 6) is -0.507. The SMILES string of the molecule is CC(C)(C)CC1=CC(C(O)(C2=C(C3=C4C=CC=CC4CC=C3)C=CC(Br)C2)C2C=CC(F)=CC2)CCC1F. The number of allylic oxidation sites excluding steroid dienone is 15. The van der Waals surface area contributed by atoms with Gasteiger partial charge in [-0.15, -0.1) is 0 Å². The first-order chi connectivity index (χ1) is 18.1. The number of halogens is 3. The minimum absolute atomic E-state index is 0.0546. The average molecular weight is 582 g/mol. The molecule has 0 aromatic heterocycles. The average Bonchev–Trinajstić information content (AvgIpc) is 2.89. The van der Waals surface area contributed by atoms with Crippen LogP contribution in [-0.2, 0) is 0 Å². The Bertz CT molecular complexity index is 1230. The molecule has 6 unspecified atom stereocenters. The zero-order valence-electron chi connectivity index (χ0n) is 22.6. The van der Waals surface area contributed by atoms with E-state index in [0.29, 0.717) is 38.0 Å². The van der Waals surface area contributed by atoms with Crippen LogP contribution >= 0.6 is 15.9 Å². The van der Waals surface area contributed by atoms with Crippen molar-refractivity contribution >= 4 is 15.9 Å². The molecular formula is C34H39BrF2O. The summed E-state index contributed by atoms with van der Waals surface area (Å²) in [4.78, 5) is 0.0823. The van der Waals surface area contributed by atoms with E-state index in [-0.39, 0.29) is 27.9 Å². The van der Waals surface area contributed by atoms with Crippen LogP contribution in [0.5, 0.6) is 0 Å². The first-order valence-electron chi connectivity index (χ1n) is 14.0. The highest BCUT2D eigenvalue weighted by atomic mass is 79.9. The largest absolute Gasteiger partial charge is 0.384 e. The number of alkyl halides is 2. The molecule has 4 heteroatoms. The van der Waals surface area contributed by atoms with Gasteiger partial charge in [-0.2, -0.15) is 0 Å². The quantitative estimate of drug-likeness (QED) is 0.254. The standard InChI is InChI=1S/C34H39BrF2O/c1-33(2,3)21-23-19-25(13-18-32(23)37)34(38,24-11-15-27(36)16-12-24)31-20-26(35)14-17-30(31)29-10-6-8-22-7-4-5-9-28(22)29/h4-7,9-11,14-17,19,22,24-26,32,38H,8,12-13,18,20-21H2,1-3H3. The Morgan fingerprint density at radius 2 is 1.76 bits per heavy atom. The highest BCUT2D eigenvalue weighted by Gasteiger charge is 2.48. The van der Waals surface area contributed by atoms with Crippen molar-refractivity contribution in [3.63, 3.8) is 0 Å². The topological polar surface area (TPSA) is 20.2 Å². The molecule has 0 amide bonds. The van der Waals surface area contributed by atoms with Gasteiger partial charge < -0.3 is 5.11 Å². The lowest BCUT2D eigenvalue weighted by atomic mass is 9.62. The Labute approximate surface area is 235 Å². The molecule has 0 bridgehead atoms. The van der Waals surface area contributed by atoms with Crippen molar-refractivity contribution in [1.82, 2.24) is 0 Å². The van der Waals surface area contributed by atoms with Gasteiger partial charge in [0.05, 0.1) is 5.60 Å². The van der Waals surface area contributed by atoms with Crippen molar-refractivity contribution in [3.8, 4) is 0 Å². The Morgan fingerprint density at radius 3 is 2.50 bits per heavy atom. The van der Waals surface area contributed by atoms with Crippen molar-refractivity contribution in [2.75, 3.05) is 0 Å². The van der Waals surface area contributed by atoms with Gasteiger partial charge in [0.25, 0.3) is 0 Å². The van der Waals surface area contributed by atoms with Crippen LogP contribution in [0.4, 0.5) is 8.78 Å². The predicted octanol–water partition coefficient (Wildman–Crippen LogP) is 9.28. The molecular weight excluding hydrogens is 542 g/mol. The Kier molecular flexibility index (Phi) is 7.86. The molecule has 0 fully saturated rings. The molecule has 1 N–H and O–H groups in total. The van der Waals surface area contributed by atoms with Crippen LogP contribution in [0.2, 0.25) is 0 Å². The molecule has 0 aromatic carbocycles. The lowest BCUT2D eigenvalue weighted by molar-refractivity contribution is -0.0149. The van der Waals surface area contributed by atoms with Crippen molar-refractivity contribution in [1.29, 1.82) is 0 Å². The summed E-state index contributed by atoms with van der Waals surface area (Å²) in [6, 6.07) is 0. The van der Waals surface area contributed by atoms with Crippen LogP contribution in [-0.4, -0.2) is 21.7 Å². The molecule has 6 atom stereocenters. The van der Waals surface area contributed by atoms with Gasteiger partial charge in [0.2, 0.25) is 0 Å². The van der Waals surface area contributed by atoms with E-state index in [2.05, 4.69) is 85.3 Å². The minimum atomic E-state index is -1.27. The van der Waals surface area contributed by atoms with E-state index in [1.54, 1.807) is 6.08 Å². The molecule has 0 saturated carbocycles. The molecule has 5 aliphatic rings. The number of aliphatic hydroxyl groups is 1. The molecule has 202 valence electrons.